The molecule has 1 N–H and O–H groups in total. The molecule has 2 amide bonds. The normalized spacial score (nSPS) is 15.4. The van der Waals surface area contributed by atoms with Crippen molar-refractivity contribution in [2.45, 2.75) is 38.6 Å². The zero-order valence-electron chi connectivity index (χ0n) is 18.9. The molecule has 1 aliphatic heterocycles. The molecular weight excluding hydrogens is 452 g/mol. The fourth-order valence-electron chi connectivity index (χ4n) is 4.12. The lowest BCUT2D eigenvalue weighted by atomic mass is 9.84. The first-order valence-electron chi connectivity index (χ1n) is 11.5. The van der Waals surface area contributed by atoms with E-state index in [0.717, 1.165) is 30.4 Å². The maximum absolute atomic E-state index is 13.1. The first-order valence-corrected chi connectivity index (χ1v) is 12.3. The van der Waals surface area contributed by atoms with Crippen LogP contribution in [0.1, 0.15) is 44.2 Å². The Balaban J connectivity index is 1.22. The first kappa shape index (κ1) is 22.3. The van der Waals surface area contributed by atoms with E-state index in [4.69, 9.17) is 9.47 Å². The van der Waals surface area contributed by atoms with E-state index < -0.39 is 0 Å². The minimum atomic E-state index is -0.194. The van der Waals surface area contributed by atoms with E-state index in [1.165, 1.54) is 11.3 Å². The van der Waals surface area contributed by atoms with E-state index in [-0.39, 0.29) is 37.0 Å². The van der Waals surface area contributed by atoms with Crippen LogP contribution in [0.5, 0.6) is 11.5 Å². The molecule has 1 saturated carbocycles. The van der Waals surface area contributed by atoms with Crippen LogP contribution in [0.25, 0.3) is 10.6 Å². The number of anilines is 1. The number of nitrogens with one attached hydrogen (secondary N) is 1. The molecule has 1 atom stereocenters. The molecule has 0 spiro atoms. The molecule has 176 valence electrons. The van der Waals surface area contributed by atoms with Gasteiger partial charge in [0.2, 0.25) is 23.7 Å². The summed E-state index contributed by atoms with van der Waals surface area (Å²) in [6.45, 7) is 2.58. The second-order valence-electron chi connectivity index (χ2n) is 8.52. The van der Waals surface area contributed by atoms with Crippen LogP contribution in [0.2, 0.25) is 0 Å². The lowest BCUT2D eigenvalue weighted by molar-refractivity contribution is -0.140. The van der Waals surface area contributed by atoms with Crippen LogP contribution in [-0.4, -0.2) is 40.2 Å². The molecule has 34 heavy (non-hydrogen) atoms. The summed E-state index contributed by atoms with van der Waals surface area (Å²) in [6.07, 6.45) is 3.13. The number of hydrogen-bond acceptors (Lipinski definition) is 7. The maximum Gasteiger partial charge on any atom is 0.231 e. The van der Waals surface area contributed by atoms with Gasteiger partial charge in [-0.2, -0.15) is 0 Å². The Morgan fingerprint density at radius 2 is 1.91 bits per heavy atom. The average Bonchev–Trinajstić information content (AvgIpc) is 3.47. The van der Waals surface area contributed by atoms with Crippen molar-refractivity contribution in [3.05, 3.63) is 54.1 Å². The highest BCUT2D eigenvalue weighted by Gasteiger charge is 2.32. The van der Waals surface area contributed by atoms with Gasteiger partial charge in [0.05, 0.1) is 6.04 Å². The van der Waals surface area contributed by atoms with Gasteiger partial charge >= 0.3 is 0 Å². The highest BCUT2D eigenvalue weighted by atomic mass is 32.1. The molecule has 2 aliphatic rings. The van der Waals surface area contributed by atoms with Gasteiger partial charge < -0.3 is 19.7 Å². The molecule has 1 unspecified atom stereocenters. The number of rotatable bonds is 8. The monoisotopic (exact) mass is 478 g/mol. The molecule has 0 saturated heterocycles. The number of amides is 2. The van der Waals surface area contributed by atoms with Crippen LogP contribution >= 0.6 is 11.3 Å². The largest absolute Gasteiger partial charge is 0.454 e. The van der Waals surface area contributed by atoms with E-state index >= 15 is 0 Å². The van der Waals surface area contributed by atoms with Gasteiger partial charge in [-0.1, -0.05) is 48.1 Å². The Labute approximate surface area is 201 Å². The van der Waals surface area contributed by atoms with Gasteiger partial charge in [0.1, 0.15) is 5.01 Å². The van der Waals surface area contributed by atoms with E-state index in [1.54, 1.807) is 0 Å². The molecule has 3 aromatic rings. The summed E-state index contributed by atoms with van der Waals surface area (Å²) >= 11 is 1.29. The highest BCUT2D eigenvalue weighted by molar-refractivity contribution is 7.18. The number of ether oxygens (including phenoxy) is 2. The van der Waals surface area contributed by atoms with Gasteiger partial charge in [-0.15, -0.1) is 10.2 Å². The van der Waals surface area contributed by atoms with Crippen LogP contribution in [0.4, 0.5) is 5.13 Å². The molecule has 8 nitrogen and oxygen atoms in total. The summed E-state index contributed by atoms with van der Waals surface area (Å²) in [5, 5.41) is 12.2. The third kappa shape index (κ3) is 4.75. The SMILES string of the molecule is CC(c1ccccc1)N(CCC(=O)Nc1nnc(-c2ccc3c(c2)OCO3)s1)C(=O)C1CCC1. The van der Waals surface area contributed by atoms with E-state index in [0.29, 0.717) is 28.2 Å². The molecular formula is C25H26N4O4S. The summed E-state index contributed by atoms with van der Waals surface area (Å²) in [7, 11) is 0. The van der Waals surface area contributed by atoms with Crippen molar-refractivity contribution in [1.82, 2.24) is 15.1 Å². The molecule has 1 aromatic heterocycles. The summed E-state index contributed by atoms with van der Waals surface area (Å²) in [6, 6.07) is 15.4. The Kier molecular flexibility index (Phi) is 6.44. The Hall–Kier alpha value is -3.46. The minimum absolute atomic E-state index is 0.0710. The summed E-state index contributed by atoms with van der Waals surface area (Å²) in [4.78, 5) is 27.7. The topological polar surface area (TPSA) is 93.7 Å². The number of carbonyl (C=O) groups excluding carboxylic acids is 2. The van der Waals surface area contributed by atoms with Gasteiger partial charge in [0, 0.05) is 24.4 Å². The van der Waals surface area contributed by atoms with Gasteiger partial charge in [-0.05, 0) is 43.5 Å². The molecule has 1 aliphatic carbocycles. The van der Waals surface area contributed by atoms with Gasteiger partial charge in [-0.25, -0.2) is 0 Å². The van der Waals surface area contributed by atoms with Gasteiger partial charge in [0.15, 0.2) is 11.5 Å². The van der Waals surface area contributed by atoms with E-state index in [1.807, 2.05) is 60.4 Å². The molecule has 2 aromatic carbocycles. The molecule has 2 heterocycles. The van der Waals surface area contributed by atoms with Crippen LogP contribution in [-0.2, 0) is 9.59 Å². The number of hydrogen-bond donors (Lipinski definition) is 1. The van der Waals surface area contributed by atoms with Gasteiger partial charge in [0.25, 0.3) is 0 Å². The van der Waals surface area contributed by atoms with Crippen molar-refractivity contribution in [2.75, 3.05) is 18.7 Å². The Morgan fingerprint density at radius 1 is 1.12 bits per heavy atom. The molecule has 1 fully saturated rings. The van der Waals surface area contributed by atoms with Crippen molar-refractivity contribution in [1.29, 1.82) is 0 Å². The van der Waals surface area contributed by atoms with Crippen molar-refractivity contribution in [2.24, 2.45) is 5.92 Å². The summed E-state index contributed by atoms with van der Waals surface area (Å²) in [5.41, 5.74) is 1.91. The smallest absolute Gasteiger partial charge is 0.231 e. The number of carbonyl (C=O) groups is 2. The predicted molar refractivity (Wildman–Crippen MR) is 129 cm³/mol. The average molecular weight is 479 g/mol. The summed E-state index contributed by atoms with van der Waals surface area (Å²) in [5.74, 6) is 1.38. The van der Waals surface area contributed by atoms with Crippen LogP contribution in [0, 0.1) is 5.92 Å². The minimum Gasteiger partial charge on any atom is -0.454 e. The van der Waals surface area contributed by atoms with Crippen LogP contribution < -0.4 is 14.8 Å². The second-order valence-corrected chi connectivity index (χ2v) is 9.50. The van der Waals surface area contributed by atoms with Crippen molar-refractivity contribution >= 4 is 28.3 Å². The van der Waals surface area contributed by atoms with Crippen molar-refractivity contribution in [3.63, 3.8) is 0 Å². The molecule has 0 radical (unpaired) electrons. The summed E-state index contributed by atoms with van der Waals surface area (Å²) < 4.78 is 10.8. The molecule has 0 bridgehead atoms. The standard InChI is InChI=1S/C25H26N4O4S/c1-16(17-6-3-2-4-7-17)29(24(31)18-8-5-9-18)13-12-22(30)26-25-28-27-23(34-25)19-10-11-20-21(14-19)33-15-32-20/h2-4,6-7,10-11,14,16,18H,5,8-9,12-13,15H2,1H3,(H,26,28,30). The van der Waals surface area contributed by atoms with Crippen LogP contribution in [0.3, 0.4) is 0 Å². The number of aromatic nitrogens is 2. The lowest BCUT2D eigenvalue weighted by Crippen LogP contribution is -2.41. The van der Waals surface area contributed by atoms with Crippen molar-refractivity contribution in [3.8, 4) is 22.1 Å². The van der Waals surface area contributed by atoms with Crippen LogP contribution in [0.15, 0.2) is 48.5 Å². The van der Waals surface area contributed by atoms with Gasteiger partial charge in [-0.3, -0.25) is 9.59 Å². The lowest BCUT2D eigenvalue weighted by Gasteiger charge is -2.35. The Bertz CT molecular complexity index is 1180. The highest BCUT2D eigenvalue weighted by Crippen LogP contribution is 2.37. The van der Waals surface area contributed by atoms with Crippen molar-refractivity contribution < 1.29 is 19.1 Å². The predicted octanol–water partition coefficient (Wildman–Crippen LogP) is 4.65. The van der Waals surface area contributed by atoms with E-state index in [9.17, 15) is 9.59 Å². The maximum atomic E-state index is 13.1. The fourth-order valence-corrected chi connectivity index (χ4v) is 4.88. The third-order valence-corrected chi connectivity index (χ3v) is 7.25. The molecule has 9 heteroatoms. The zero-order chi connectivity index (χ0) is 23.5. The molecule has 5 rings (SSSR count). The quantitative estimate of drug-likeness (QED) is 0.506. The Morgan fingerprint density at radius 3 is 2.68 bits per heavy atom. The number of nitrogens with zero attached hydrogens (tertiary/aromatic N) is 3. The second kappa shape index (κ2) is 9.80. The zero-order valence-corrected chi connectivity index (χ0v) is 19.7. The third-order valence-electron chi connectivity index (χ3n) is 6.36. The van der Waals surface area contributed by atoms with E-state index in [2.05, 4.69) is 15.5 Å². The number of fused-ring (bicyclic) bond motifs is 1. The fraction of sp³-hybridized carbons (Fsp3) is 0.360. The number of benzene rings is 2. The first-order chi connectivity index (χ1) is 16.6.